The summed E-state index contributed by atoms with van der Waals surface area (Å²) in [5.41, 5.74) is 4.01. The van der Waals surface area contributed by atoms with Crippen LogP contribution in [0.4, 0.5) is 23.7 Å². The number of primary amides is 1. The molecule has 0 spiro atoms. The van der Waals surface area contributed by atoms with Crippen LogP contribution < -0.4 is 10.6 Å². The SMILES string of the molecule is CN(C(N)=O)c1cc(Cl)cc(C(F)(F)F)c1. The van der Waals surface area contributed by atoms with Crippen LogP contribution in [-0.2, 0) is 6.18 Å². The zero-order chi connectivity index (χ0) is 12.5. The summed E-state index contributed by atoms with van der Waals surface area (Å²) < 4.78 is 37.3. The number of anilines is 1. The van der Waals surface area contributed by atoms with Gasteiger partial charge in [0.15, 0.2) is 0 Å². The Bertz CT molecular complexity index is 420. The Morgan fingerprint density at radius 1 is 1.38 bits per heavy atom. The predicted molar refractivity (Wildman–Crippen MR) is 54.4 cm³/mol. The van der Waals surface area contributed by atoms with Gasteiger partial charge in [-0.05, 0) is 18.2 Å². The van der Waals surface area contributed by atoms with E-state index in [4.69, 9.17) is 17.3 Å². The van der Waals surface area contributed by atoms with Crippen LogP contribution in [0.5, 0.6) is 0 Å². The Morgan fingerprint density at radius 3 is 2.38 bits per heavy atom. The van der Waals surface area contributed by atoms with Gasteiger partial charge in [0.2, 0.25) is 0 Å². The van der Waals surface area contributed by atoms with Gasteiger partial charge in [-0.25, -0.2) is 4.79 Å². The lowest BCUT2D eigenvalue weighted by Gasteiger charge is -2.16. The number of hydrogen-bond acceptors (Lipinski definition) is 1. The molecule has 1 aromatic carbocycles. The fraction of sp³-hybridized carbons (Fsp3) is 0.222. The quantitative estimate of drug-likeness (QED) is 0.821. The second-order valence-corrected chi connectivity index (χ2v) is 3.53. The van der Waals surface area contributed by atoms with E-state index >= 15 is 0 Å². The highest BCUT2D eigenvalue weighted by molar-refractivity contribution is 6.31. The largest absolute Gasteiger partial charge is 0.416 e. The number of nitrogens with two attached hydrogens (primary N) is 1. The molecule has 1 rings (SSSR count). The van der Waals surface area contributed by atoms with E-state index in [1.807, 2.05) is 0 Å². The van der Waals surface area contributed by atoms with E-state index in [1.165, 1.54) is 13.1 Å². The van der Waals surface area contributed by atoms with Crippen molar-refractivity contribution in [3.05, 3.63) is 28.8 Å². The lowest BCUT2D eigenvalue weighted by Crippen LogP contribution is -2.31. The topological polar surface area (TPSA) is 46.3 Å². The van der Waals surface area contributed by atoms with Gasteiger partial charge in [0, 0.05) is 17.8 Å². The molecule has 16 heavy (non-hydrogen) atoms. The van der Waals surface area contributed by atoms with Crippen molar-refractivity contribution in [2.24, 2.45) is 5.73 Å². The average Bonchev–Trinajstić information content (AvgIpc) is 2.14. The molecule has 1 aromatic rings. The van der Waals surface area contributed by atoms with E-state index in [1.54, 1.807) is 0 Å². The van der Waals surface area contributed by atoms with Gasteiger partial charge >= 0.3 is 12.2 Å². The van der Waals surface area contributed by atoms with Crippen LogP contribution in [0.3, 0.4) is 0 Å². The van der Waals surface area contributed by atoms with Gasteiger partial charge in [-0.2, -0.15) is 13.2 Å². The van der Waals surface area contributed by atoms with Crippen molar-refractivity contribution in [1.29, 1.82) is 0 Å². The van der Waals surface area contributed by atoms with Crippen LogP contribution in [0, 0.1) is 0 Å². The van der Waals surface area contributed by atoms with Crippen molar-refractivity contribution in [3.63, 3.8) is 0 Å². The average molecular weight is 253 g/mol. The number of amides is 2. The number of benzene rings is 1. The highest BCUT2D eigenvalue weighted by Gasteiger charge is 2.31. The van der Waals surface area contributed by atoms with E-state index in [0.29, 0.717) is 0 Å². The maximum absolute atomic E-state index is 12.4. The summed E-state index contributed by atoms with van der Waals surface area (Å²) in [6.45, 7) is 0. The van der Waals surface area contributed by atoms with Crippen molar-refractivity contribution in [1.82, 2.24) is 0 Å². The van der Waals surface area contributed by atoms with E-state index in [-0.39, 0.29) is 10.7 Å². The first kappa shape index (κ1) is 12.6. The number of halogens is 4. The number of urea groups is 1. The van der Waals surface area contributed by atoms with Crippen LogP contribution in [0.25, 0.3) is 0 Å². The van der Waals surface area contributed by atoms with Gasteiger partial charge in [0.1, 0.15) is 0 Å². The third-order valence-corrected chi connectivity index (χ3v) is 2.15. The molecule has 0 atom stereocenters. The van der Waals surface area contributed by atoms with Crippen molar-refractivity contribution in [2.75, 3.05) is 11.9 Å². The maximum Gasteiger partial charge on any atom is 0.416 e. The zero-order valence-electron chi connectivity index (χ0n) is 8.18. The standard InChI is InChI=1S/C9H8ClF3N2O/c1-15(8(14)16)7-3-5(9(11,12)13)2-6(10)4-7/h2-4H,1H3,(H2,14,16). The van der Waals surface area contributed by atoms with Crippen molar-refractivity contribution >= 4 is 23.3 Å². The second-order valence-electron chi connectivity index (χ2n) is 3.09. The highest BCUT2D eigenvalue weighted by Crippen LogP contribution is 2.33. The number of nitrogens with zero attached hydrogens (tertiary/aromatic N) is 1. The van der Waals surface area contributed by atoms with Crippen molar-refractivity contribution < 1.29 is 18.0 Å². The van der Waals surface area contributed by atoms with E-state index < -0.39 is 17.8 Å². The van der Waals surface area contributed by atoms with Gasteiger partial charge in [-0.3, -0.25) is 4.90 Å². The highest BCUT2D eigenvalue weighted by atomic mass is 35.5. The molecule has 3 nitrogen and oxygen atoms in total. The summed E-state index contributed by atoms with van der Waals surface area (Å²) in [5, 5.41) is -0.113. The van der Waals surface area contributed by atoms with Gasteiger partial charge < -0.3 is 5.73 Å². The molecular weight excluding hydrogens is 245 g/mol. The smallest absolute Gasteiger partial charge is 0.351 e. The molecule has 0 heterocycles. The van der Waals surface area contributed by atoms with Gasteiger partial charge in [0.25, 0.3) is 0 Å². The molecule has 2 amide bonds. The molecule has 0 saturated carbocycles. The van der Waals surface area contributed by atoms with Crippen LogP contribution in [0.15, 0.2) is 18.2 Å². The second kappa shape index (κ2) is 4.21. The Kier molecular flexibility index (Phi) is 3.32. The summed E-state index contributed by atoms with van der Waals surface area (Å²) in [4.78, 5) is 11.7. The third kappa shape index (κ3) is 2.79. The van der Waals surface area contributed by atoms with E-state index in [9.17, 15) is 18.0 Å². The first-order valence-corrected chi connectivity index (χ1v) is 4.50. The fourth-order valence-electron chi connectivity index (χ4n) is 1.06. The lowest BCUT2D eigenvalue weighted by atomic mass is 10.2. The summed E-state index contributed by atoms with van der Waals surface area (Å²) in [5.74, 6) is 0. The molecule has 0 saturated heterocycles. The minimum Gasteiger partial charge on any atom is -0.351 e. The minimum atomic E-state index is -4.52. The number of carbonyl (C=O) groups excluding carboxylic acids is 1. The first-order chi connectivity index (χ1) is 7.21. The first-order valence-electron chi connectivity index (χ1n) is 4.13. The maximum atomic E-state index is 12.4. The van der Waals surface area contributed by atoms with Crippen LogP contribution in [0.1, 0.15) is 5.56 Å². The van der Waals surface area contributed by atoms with Crippen molar-refractivity contribution in [3.8, 4) is 0 Å². The molecule has 0 aliphatic rings. The van der Waals surface area contributed by atoms with Crippen LogP contribution in [-0.4, -0.2) is 13.1 Å². The minimum absolute atomic E-state index is 0.00711. The molecule has 0 bridgehead atoms. The Hall–Kier alpha value is -1.43. The molecule has 0 radical (unpaired) electrons. The fourth-order valence-corrected chi connectivity index (χ4v) is 1.29. The number of rotatable bonds is 1. The molecular formula is C9H8ClF3N2O. The monoisotopic (exact) mass is 252 g/mol. The van der Waals surface area contributed by atoms with E-state index in [2.05, 4.69) is 0 Å². The third-order valence-electron chi connectivity index (χ3n) is 1.93. The van der Waals surface area contributed by atoms with E-state index in [0.717, 1.165) is 17.0 Å². The summed E-state index contributed by atoms with van der Waals surface area (Å²) in [6, 6.07) is 1.94. The van der Waals surface area contributed by atoms with Crippen molar-refractivity contribution in [2.45, 2.75) is 6.18 Å². The predicted octanol–water partition coefficient (Wildman–Crippen LogP) is 2.87. The van der Waals surface area contributed by atoms with Gasteiger partial charge in [0.05, 0.1) is 5.56 Å². The molecule has 2 N–H and O–H groups in total. The summed E-state index contributed by atoms with van der Waals surface area (Å²) in [7, 11) is 1.26. The number of hydrogen-bond donors (Lipinski definition) is 1. The molecule has 0 aliphatic heterocycles. The summed E-state index contributed by atoms with van der Waals surface area (Å²) >= 11 is 5.53. The molecule has 7 heteroatoms. The van der Waals surface area contributed by atoms with Crippen LogP contribution in [0.2, 0.25) is 5.02 Å². The lowest BCUT2D eigenvalue weighted by molar-refractivity contribution is -0.137. The molecule has 0 aliphatic carbocycles. The normalized spacial score (nSPS) is 11.3. The molecule has 0 unspecified atom stereocenters. The van der Waals surface area contributed by atoms with Gasteiger partial charge in [-0.15, -0.1) is 0 Å². The number of alkyl halides is 3. The Morgan fingerprint density at radius 2 is 1.94 bits per heavy atom. The molecule has 88 valence electrons. The van der Waals surface area contributed by atoms with Crippen LogP contribution >= 0.6 is 11.6 Å². The molecule has 0 aromatic heterocycles. The zero-order valence-corrected chi connectivity index (χ0v) is 8.93. The van der Waals surface area contributed by atoms with Gasteiger partial charge in [-0.1, -0.05) is 11.6 Å². The number of carbonyl (C=O) groups is 1. The molecule has 0 fully saturated rings. The Balaban J connectivity index is 3.23. The summed E-state index contributed by atoms with van der Waals surface area (Å²) in [6.07, 6.45) is -4.52. The Labute approximate surface area is 94.6 Å².